The highest BCUT2D eigenvalue weighted by Crippen LogP contribution is 2.36. The van der Waals surface area contributed by atoms with Gasteiger partial charge in [0.05, 0.1) is 11.1 Å². The lowest BCUT2D eigenvalue weighted by molar-refractivity contribution is -0.136. The van der Waals surface area contributed by atoms with Gasteiger partial charge in [-0.25, -0.2) is 4.98 Å². The monoisotopic (exact) mass is 457 g/mol. The van der Waals surface area contributed by atoms with Crippen molar-refractivity contribution in [3.05, 3.63) is 77.7 Å². The topological polar surface area (TPSA) is 72.7 Å². The number of nitrogens with zero attached hydrogens (tertiary/aromatic N) is 4. The maximum absolute atomic E-state index is 13.5. The van der Waals surface area contributed by atoms with E-state index in [0.29, 0.717) is 5.69 Å². The summed E-state index contributed by atoms with van der Waals surface area (Å²) < 4.78 is 42.4. The molecule has 0 bridgehead atoms. The molecule has 0 aliphatic rings. The van der Waals surface area contributed by atoms with E-state index in [1.165, 1.54) is 30.0 Å². The highest BCUT2D eigenvalue weighted by molar-refractivity contribution is 7.99. The number of thioether (sulfide) groups is 1. The summed E-state index contributed by atoms with van der Waals surface area (Å²) in [5.74, 6) is -0.716. The Morgan fingerprint density at radius 2 is 1.91 bits per heavy atom. The van der Waals surface area contributed by atoms with Gasteiger partial charge >= 0.3 is 6.18 Å². The van der Waals surface area contributed by atoms with Crippen molar-refractivity contribution in [3.8, 4) is 0 Å². The van der Waals surface area contributed by atoms with Crippen molar-refractivity contribution in [1.29, 1.82) is 0 Å². The van der Waals surface area contributed by atoms with Gasteiger partial charge in [-0.1, -0.05) is 42.1 Å². The van der Waals surface area contributed by atoms with Gasteiger partial charge in [0, 0.05) is 23.4 Å². The quantitative estimate of drug-likeness (QED) is 0.402. The molecule has 1 atom stereocenters. The number of benzene rings is 2. The number of para-hydroxylation sites is 1. The van der Waals surface area contributed by atoms with Gasteiger partial charge in [0.25, 0.3) is 5.91 Å². The van der Waals surface area contributed by atoms with Crippen LogP contribution < -0.4 is 5.32 Å². The number of nitrogens with one attached hydrogen (secondary N) is 1. The number of aryl methyl sites for hydroxylation is 1. The average Bonchev–Trinajstić information content (AvgIpc) is 3.16. The number of alkyl halides is 3. The number of pyridine rings is 1. The van der Waals surface area contributed by atoms with Crippen LogP contribution in [0.3, 0.4) is 0 Å². The molecule has 4 aromatic rings. The molecular weight excluding hydrogens is 439 g/mol. The summed E-state index contributed by atoms with van der Waals surface area (Å²) in [5.41, 5.74) is 0.285. The minimum Gasteiger partial charge on any atom is -0.321 e. The third kappa shape index (κ3) is 4.59. The molecule has 32 heavy (non-hydrogen) atoms. The number of carbonyl (C=O) groups is 1. The van der Waals surface area contributed by atoms with Crippen molar-refractivity contribution < 1.29 is 18.0 Å². The van der Waals surface area contributed by atoms with Crippen LogP contribution in [0.2, 0.25) is 0 Å². The van der Waals surface area contributed by atoms with E-state index in [2.05, 4.69) is 20.5 Å². The first-order chi connectivity index (χ1) is 15.2. The van der Waals surface area contributed by atoms with E-state index in [-0.39, 0.29) is 21.8 Å². The van der Waals surface area contributed by atoms with Crippen molar-refractivity contribution in [2.75, 3.05) is 5.32 Å². The Labute approximate surface area is 185 Å². The minimum absolute atomic E-state index is 0.00498. The summed E-state index contributed by atoms with van der Waals surface area (Å²) in [5, 5.41) is 11.3. The summed E-state index contributed by atoms with van der Waals surface area (Å²) in [6.45, 7) is 1.99. The molecule has 0 radical (unpaired) electrons. The van der Waals surface area contributed by atoms with E-state index in [9.17, 15) is 18.0 Å². The second-order valence-electron chi connectivity index (χ2n) is 7.13. The predicted molar refractivity (Wildman–Crippen MR) is 116 cm³/mol. The number of anilines is 1. The van der Waals surface area contributed by atoms with E-state index >= 15 is 0 Å². The summed E-state index contributed by atoms with van der Waals surface area (Å²) in [6.07, 6.45) is -3.00. The van der Waals surface area contributed by atoms with Crippen molar-refractivity contribution >= 4 is 34.3 Å². The Morgan fingerprint density at radius 1 is 1.12 bits per heavy atom. The lowest BCUT2D eigenvalue weighted by atomic mass is 10.1. The number of aromatic nitrogens is 4. The van der Waals surface area contributed by atoms with E-state index < -0.39 is 17.6 Å². The summed E-state index contributed by atoms with van der Waals surface area (Å²) in [6, 6.07) is 13.8. The molecule has 0 fully saturated rings. The molecule has 0 aliphatic heterocycles. The third-order valence-corrected chi connectivity index (χ3v) is 6.03. The SMILES string of the molecule is C[C@H](Sc1nncn1C)c1cccc(NC(=O)c2cc(C(F)(F)F)c3ccccc3n2)c1. The Kier molecular flexibility index (Phi) is 5.88. The van der Waals surface area contributed by atoms with Crippen LogP contribution in [-0.4, -0.2) is 25.7 Å². The second-order valence-corrected chi connectivity index (χ2v) is 8.44. The fraction of sp³-hybridized carbons (Fsp3) is 0.182. The van der Waals surface area contributed by atoms with Crippen LogP contribution in [0.15, 0.2) is 66.1 Å². The number of rotatable bonds is 5. The maximum Gasteiger partial charge on any atom is 0.417 e. The Morgan fingerprint density at radius 3 is 2.62 bits per heavy atom. The Balaban J connectivity index is 1.59. The third-order valence-electron chi connectivity index (χ3n) is 4.82. The van der Waals surface area contributed by atoms with Crippen LogP contribution in [-0.2, 0) is 13.2 Å². The zero-order valence-electron chi connectivity index (χ0n) is 17.1. The molecule has 2 aromatic heterocycles. The first-order valence-electron chi connectivity index (χ1n) is 9.61. The first kappa shape index (κ1) is 21.8. The van der Waals surface area contributed by atoms with E-state index in [1.54, 1.807) is 35.2 Å². The largest absolute Gasteiger partial charge is 0.417 e. The van der Waals surface area contributed by atoms with Gasteiger partial charge in [0.2, 0.25) is 0 Å². The van der Waals surface area contributed by atoms with Crippen molar-refractivity contribution in [1.82, 2.24) is 19.7 Å². The Bertz CT molecular complexity index is 1290. The van der Waals surface area contributed by atoms with Crippen molar-refractivity contribution in [2.45, 2.75) is 23.5 Å². The zero-order valence-corrected chi connectivity index (χ0v) is 17.9. The highest BCUT2D eigenvalue weighted by Gasteiger charge is 2.34. The smallest absolute Gasteiger partial charge is 0.321 e. The van der Waals surface area contributed by atoms with Gasteiger partial charge < -0.3 is 9.88 Å². The number of halogens is 3. The lowest BCUT2D eigenvalue weighted by Crippen LogP contribution is -2.16. The molecule has 2 aromatic carbocycles. The van der Waals surface area contributed by atoms with Crippen LogP contribution >= 0.6 is 11.8 Å². The van der Waals surface area contributed by atoms with Gasteiger partial charge in [-0.05, 0) is 36.8 Å². The summed E-state index contributed by atoms with van der Waals surface area (Å²) in [4.78, 5) is 16.9. The molecule has 164 valence electrons. The van der Waals surface area contributed by atoms with Gasteiger partial charge in [0.15, 0.2) is 5.16 Å². The number of fused-ring (bicyclic) bond motifs is 1. The number of carbonyl (C=O) groups excluding carboxylic acids is 1. The standard InChI is InChI=1S/C22H18F3N5OS/c1-13(32-21-29-26-12-30(21)2)14-6-5-7-15(10-14)27-20(31)19-11-17(22(23,24)25)16-8-3-4-9-18(16)28-19/h3-13H,1-2H3,(H,27,31)/t13-/m0/s1. The molecule has 4 rings (SSSR count). The molecule has 6 nitrogen and oxygen atoms in total. The van der Waals surface area contributed by atoms with Crippen LogP contribution in [0, 0.1) is 0 Å². The minimum atomic E-state index is -4.61. The average molecular weight is 457 g/mol. The van der Waals surface area contributed by atoms with Crippen molar-refractivity contribution in [3.63, 3.8) is 0 Å². The second kappa shape index (κ2) is 8.62. The van der Waals surface area contributed by atoms with E-state index in [1.807, 2.05) is 20.0 Å². The molecule has 0 saturated heterocycles. The van der Waals surface area contributed by atoms with Gasteiger partial charge in [-0.15, -0.1) is 10.2 Å². The van der Waals surface area contributed by atoms with Gasteiger partial charge in [-0.2, -0.15) is 13.2 Å². The van der Waals surface area contributed by atoms with Crippen LogP contribution in [0.5, 0.6) is 0 Å². The normalized spacial score (nSPS) is 12.7. The molecule has 0 spiro atoms. The number of hydrogen-bond donors (Lipinski definition) is 1. The predicted octanol–water partition coefficient (Wildman–Crippen LogP) is 5.49. The molecule has 0 aliphatic carbocycles. The fourth-order valence-electron chi connectivity index (χ4n) is 3.20. The molecule has 1 N–H and O–H groups in total. The number of amides is 1. The van der Waals surface area contributed by atoms with Gasteiger partial charge in [0.1, 0.15) is 12.0 Å². The van der Waals surface area contributed by atoms with Crippen LogP contribution in [0.25, 0.3) is 10.9 Å². The first-order valence-corrected chi connectivity index (χ1v) is 10.5. The number of hydrogen-bond acceptors (Lipinski definition) is 5. The molecule has 2 heterocycles. The molecule has 1 amide bonds. The summed E-state index contributed by atoms with van der Waals surface area (Å²) in [7, 11) is 1.84. The maximum atomic E-state index is 13.5. The Hall–Kier alpha value is -3.40. The fourth-order valence-corrected chi connectivity index (χ4v) is 4.10. The van der Waals surface area contributed by atoms with E-state index in [0.717, 1.165) is 16.8 Å². The molecule has 10 heteroatoms. The molecular formula is C22H18F3N5OS. The lowest BCUT2D eigenvalue weighted by Gasteiger charge is -2.14. The molecule has 0 unspecified atom stereocenters. The van der Waals surface area contributed by atoms with Gasteiger partial charge in [-0.3, -0.25) is 4.79 Å². The van der Waals surface area contributed by atoms with Crippen molar-refractivity contribution in [2.24, 2.45) is 7.05 Å². The van der Waals surface area contributed by atoms with Crippen LogP contribution in [0.4, 0.5) is 18.9 Å². The van der Waals surface area contributed by atoms with E-state index in [4.69, 9.17) is 0 Å². The van der Waals surface area contributed by atoms with Crippen LogP contribution in [0.1, 0.15) is 33.8 Å². The highest BCUT2D eigenvalue weighted by atomic mass is 32.2. The summed E-state index contributed by atoms with van der Waals surface area (Å²) >= 11 is 1.50. The molecule has 0 saturated carbocycles. The zero-order chi connectivity index (χ0) is 22.9.